The number of nitrogens with two attached hydrogens (primary N) is 1. The molecule has 0 spiro atoms. The fraction of sp³-hybridized carbons (Fsp3) is 0. The first-order chi connectivity index (χ1) is 13.2. The van der Waals surface area contributed by atoms with E-state index >= 15 is 0 Å². The highest BCUT2D eigenvalue weighted by Gasteiger charge is 2.21. The Balaban J connectivity index is 0.000000278. The molecular weight excluding hydrogens is 445 g/mol. The molecule has 0 saturated carbocycles. The summed E-state index contributed by atoms with van der Waals surface area (Å²) in [6.07, 6.45) is -4.38. The van der Waals surface area contributed by atoms with Gasteiger partial charge in [0.1, 0.15) is 10.6 Å². The maximum Gasteiger partial charge on any atom is 0.316 e. The molecule has 3 aromatic rings. The minimum Gasteiger partial charge on any atom is -0.507 e. The van der Waals surface area contributed by atoms with Crippen LogP contribution in [0.2, 0.25) is 0 Å². The molecule has 156 valence electrons. The summed E-state index contributed by atoms with van der Waals surface area (Å²) < 4.78 is 97.8. The van der Waals surface area contributed by atoms with Crippen LogP contribution in [0.3, 0.4) is 0 Å². The van der Waals surface area contributed by atoms with Crippen molar-refractivity contribution in [2.24, 2.45) is 0 Å². The first-order valence-electron chi connectivity index (χ1n) is 6.93. The van der Waals surface area contributed by atoms with E-state index in [0.717, 1.165) is 24.3 Å². The van der Waals surface area contributed by atoms with Crippen LogP contribution in [0.25, 0.3) is 10.8 Å². The van der Waals surface area contributed by atoms with Crippen molar-refractivity contribution in [1.82, 2.24) is 15.0 Å². The number of rotatable bonds is 2. The van der Waals surface area contributed by atoms with E-state index in [9.17, 15) is 35.1 Å². The Morgan fingerprint density at radius 1 is 0.828 bits per heavy atom. The highest BCUT2D eigenvalue weighted by molar-refractivity contribution is 7.86. The molecule has 16 heteroatoms. The van der Waals surface area contributed by atoms with Gasteiger partial charge in [0.05, 0.1) is 4.90 Å². The number of hydrogen-bond donors (Lipinski definition) is 4. The zero-order valence-corrected chi connectivity index (χ0v) is 15.3. The van der Waals surface area contributed by atoms with Gasteiger partial charge in [0.25, 0.3) is 20.2 Å². The fourth-order valence-electron chi connectivity index (χ4n) is 2.11. The van der Waals surface area contributed by atoms with Crippen LogP contribution in [0.15, 0.2) is 34.1 Å². The highest BCUT2D eigenvalue weighted by Crippen LogP contribution is 2.36. The lowest BCUT2D eigenvalue weighted by Gasteiger charge is -2.10. The lowest BCUT2D eigenvalue weighted by Crippen LogP contribution is -2.03. The van der Waals surface area contributed by atoms with Gasteiger partial charge in [0.2, 0.25) is 0 Å². The molecule has 0 atom stereocenters. The average molecular weight is 454 g/mol. The number of phenols is 1. The van der Waals surface area contributed by atoms with Gasteiger partial charge in [-0.25, -0.2) is 0 Å². The van der Waals surface area contributed by atoms with Gasteiger partial charge in [0.15, 0.2) is 0 Å². The second kappa shape index (κ2) is 7.74. The fourth-order valence-corrected chi connectivity index (χ4v) is 3.32. The van der Waals surface area contributed by atoms with Gasteiger partial charge < -0.3 is 10.8 Å². The van der Waals surface area contributed by atoms with Crippen LogP contribution in [0.1, 0.15) is 0 Å². The van der Waals surface area contributed by atoms with Gasteiger partial charge in [-0.3, -0.25) is 9.11 Å². The lowest BCUT2D eigenvalue weighted by molar-refractivity contribution is 0.393. The van der Waals surface area contributed by atoms with Crippen LogP contribution < -0.4 is 5.73 Å². The summed E-state index contributed by atoms with van der Waals surface area (Å²) >= 11 is 0. The Morgan fingerprint density at radius 3 is 1.72 bits per heavy atom. The predicted octanol–water partition coefficient (Wildman–Crippen LogP) is 0.910. The molecule has 0 saturated heterocycles. The Hall–Kier alpha value is -3.08. The Kier molecular flexibility index (Phi) is 5.93. The van der Waals surface area contributed by atoms with E-state index in [2.05, 4.69) is 15.0 Å². The monoisotopic (exact) mass is 454 g/mol. The third-order valence-electron chi connectivity index (χ3n) is 3.19. The minimum absolute atomic E-state index is 0.0215. The van der Waals surface area contributed by atoms with Gasteiger partial charge in [-0.15, -0.1) is 0 Å². The van der Waals surface area contributed by atoms with Crippen molar-refractivity contribution in [3.8, 4) is 5.75 Å². The third kappa shape index (κ3) is 5.25. The summed E-state index contributed by atoms with van der Waals surface area (Å²) in [5, 5.41) is 9.29. The number of aromatic hydroxyl groups is 1. The van der Waals surface area contributed by atoms with Crippen LogP contribution >= 0.6 is 0 Å². The van der Waals surface area contributed by atoms with Crippen LogP contribution in [0, 0.1) is 18.2 Å². The van der Waals surface area contributed by atoms with Gasteiger partial charge >= 0.3 is 18.2 Å². The molecule has 3 rings (SSSR count). The number of phenolic OH excluding ortho intramolecular Hbond substituents is 1. The smallest absolute Gasteiger partial charge is 0.316 e. The average Bonchev–Trinajstić information content (AvgIpc) is 2.51. The number of halogens is 3. The van der Waals surface area contributed by atoms with Crippen molar-refractivity contribution in [2.75, 3.05) is 5.73 Å². The normalized spacial score (nSPS) is 11.8. The van der Waals surface area contributed by atoms with Crippen molar-refractivity contribution in [3.63, 3.8) is 0 Å². The molecule has 11 nitrogen and oxygen atoms in total. The number of nitrogen functional groups attached to an aromatic ring is 1. The number of fused-ring (bicyclic) bond motifs is 1. The predicted molar refractivity (Wildman–Crippen MR) is 89.4 cm³/mol. The zero-order chi connectivity index (χ0) is 22.1. The quantitative estimate of drug-likeness (QED) is 0.317. The third-order valence-corrected chi connectivity index (χ3v) is 4.93. The van der Waals surface area contributed by atoms with E-state index in [1.807, 2.05) is 0 Å². The van der Waals surface area contributed by atoms with Crippen molar-refractivity contribution < 1.29 is 44.2 Å². The van der Waals surface area contributed by atoms with E-state index < -0.39 is 54.0 Å². The maximum atomic E-state index is 11.7. The lowest BCUT2D eigenvalue weighted by atomic mass is 10.1. The zero-order valence-electron chi connectivity index (χ0n) is 13.7. The Labute approximate surface area is 160 Å². The molecule has 1 aromatic heterocycles. The summed E-state index contributed by atoms with van der Waals surface area (Å²) in [5.41, 5.74) is 5.56. The number of hydrogen-bond acceptors (Lipinski definition) is 9. The summed E-state index contributed by atoms with van der Waals surface area (Å²) in [6.45, 7) is 0. The van der Waals surface area contributed by atoms with Gasteiger partial charge in [-0.05, 0) is 18.2 Å². The van der Waals surface area contributed by atoms with E-state index in [4.69, 9.17) is 14.8 Å². The number of benzene rings is 2. The molecule has 2 aromatic carbocycles. The van der Waals surface area contributed by atoms with Gasteiger partial charge in [0, 0.05) is 22.5 Å². The van der Waals surface area contributed by atoms with Crippen LogP contribution in [0.5, 0.6) is 5.75 Å². The first-order valence-corrected chi connectivity index (χ1v) is 9.81. The molecular formula is C13H9F3N4O7S2. The van der Waals surface area contributed by atoms with Gasteiger partial charge in [-0.1, -0.05) is 0 Å². The summed E-state index contributed by atoms with van der Waals surface area (Å²) in [5.74, 6) is -0.641. The molecule has 29 heavy (non-hydrogen) atoms. The topological polar surface area (TPSA) is 194 Å². The molecule has 0 aliphatic rings. The molecule has 5 N–H and O–H groups in total. The van der Waals surface area contributed by atoms with Gasteiger partial charge in [-0.2, -0.15) is 45.0 Å². The van der Waals surface area contributed by atoms with Crippen molar-refractivity contribution in [3.05, 3.63) is 42.5 Å². The maximum absolute atomic E-state index is 11.7. The molecule has 0 aliphatic carbocycles. The van der Waals surface area contributed by atoms with Crippen LogP contribution in [0.4, 0.5) is 18.9 Å². The largest absolute Gasteiger partial charge is 0.507 e. The first kappa shape index (κ1) is 22.2. The molecule has 0 radical (unpaired) electrons. The minimum atomic E-state index is -4.67. The number of aromatic nitrogens is 3. The van der Waals surface area contributed by atoms with Crippen LogP contribution in [-0.4, -0.2) is 46.0 Å². The van der Waals surface area contributed by atoms with E-state index in [1.165, 1.54) is 0 Å². The number of nitrogens with zero attached hydrogens (tertiary/aromatic N) is 3. The molecule has 0 unspecified atom stereocenters. The van der Waals surface area contributed by atoms with Crippen molar-refractivity contribution >= 4 is 36.7 Å². The summed E-state index contributed by atoms with van der Waals surface area (Å²) in [7, 11) is -9.34. The van der Waals surface area contributed by atoms with Crippen molar-refractivity contribution in [2.45, 2.75) is 9.79 Å². The highest BCUT2D eigenvalue weighted by atomic mass is 32.2. The molecule has 0 amide bonds. The Morgan fingerprint density at radius 2 is 1.31 bits per heavy atom. The summed E-state index contributed by atoms with van der Waals surface area (Å²) in [4.78, 5) is 5.96. The second-order valence-electron chi connectivity index (χ2n) is 5.11. The molecule has 1 heterocycles. The molecule has 0 aliphatic heterocycles. The molecule has 0 bridgehead atoms. The Bertz CT molecular complexity index is 1270. The van der Waals surface area contributed by atoms with Crippen LogP contribution in [-0.2, 0) is 20.2 Å². The second-order valence-corrected chi connectivity index (χ2v) is 7.92. The van der Waals surface area contributed by atoms with E-state index in [1.54, 1.807) is 0 Å². The summed E-state index contributed by atoms with van der Waals surface area (Å²) in [6, 6.07) is 3.62. The SMILES string of the molecule is Fc1nc(F)nc(F)n1.Nc1ccc(S(=O)(=O)O)c2cc(S(=O)(=O)O)cc(O)c12. The standard InChI is InChI=1S/C10H9NO7S2.C3F3N3/c11-7-1-2-9(20(16,17)18)6-3-5(19(13,14)15)4-8(12)10(6)7;4-1-7-2(5)9-3(6)8-1/h1-4,12H,11H2,(H,13,14,15)(H,16,17,18);. The molecule has 0 fully saturated rings. The number of anilines is 1. The van der Waals surface area contributed by atoms with Crippen molar-refractivity contribution in [1.29, 1.82) is 0 Å². The van der Waals surface area contributed by atoms with E-state index in [0.29, 0.717) is 0 Å². The van der Waals surface area contributed by atoms with E-state index in [-0.39, 0.29) is 16.5 Å².